The van der Waals surface area contributed by atoms with Gasteiger partial charge < -0.3 is 10.1 Å². The van der Waals surface area contributed by atoms with Crippen molar-refractivity contribution in [3.63, 3.8) is 0 Å². The SMILES string of the molecule is COc1ccc(Nc2nccnn2)cn1. The Morgan fingerprint density at radius 3 is 2.73 bits per heavy atom. The lowest BCUT2D eigenvalue weighted by Gasteiger charge is -2.03. The molecule has 1 N–H and O–H groups in total. The number of ether oxygens (including phenoxy) is 1. The zero-order valence-corrected chi connectivity index (χ0v) is 8.08. The fourth-order valence-corrected chi connectivity index (χ4v) is 1.01. The lowest BCUT2D eigenvalue weighted by atomic mass is 10.4. The molecule has 15 heavy (non-hydrogen) atoms. The molecule has 0 aromatic carbocycles. The van der Waals surface area contributed by atoms with Crippen LogP contribution in [-0.4, -0.2) is 27.3 Å². The van der Waals surface area contributed by atoms with Crippen LogP contribution in [-0.2, 0) is 0 Å². The first-order valence-electron chi connectivity index (χ1n) is 4.29. The molecular formula is C9H9N5O. The van der Waals surface area contributed by atoms with Gasteiger partial charge in [0, 0.05) is 6.07 Å². The number of anilines is 2. The van der Waals surface area contributed by atoms with Crippen LogP contribution in [0.3, 0.4) is 0 Å². The average Bonchev–Trinajstić information content (AvgIpc) is 2.31. The largest absolute Gasteiger partial charge is 0.481 e. The van der Waals surface area contributed by atoms with Crippen LogP contribution in [0.2, 0.25) is 0 Å². The van der Waals surface area contributed by atoms with Crippen molar-refractivity contribution in [2.45, 2.75) is 0 Å². The molecule has 0 atom stereocenters. The van der Waals surface area contributed by atoms with Crippen LogP contribution in [0.5, 0.6) is 5.88 Å². The van der Waals surface area contributed by atoms with E-state index in [0.717, 1.165) is 5.69 Å². The quantitative estimate of drug-likeness (QED) is 0.802. The number of nitrogens with one attached hydrogen (secondary N) is 1. The van der Waals surface area contributed by atoms with Gasteiger partial charge in [0.25, 0.3) is 0 Å². The van der Waals surface area contributed by atoms with Gasteiger partial charge in [-0.3, -0.25) is 0 Å². The molecule has 2 aromatic rings. The summed E-state index contributed by atoms with van der Waals surface area (Å²) < 4.78 is 4.94. The molecule has 0 fully saturated rings. The summed E-state index contributed by atoms with van der Waals surface area (Å²) in [6.45, 7) is 0. The van der Waals surface area contributed by atoms with Gasteiger partial charge in [-0.15, -0.1) is 5.10 Å². The molecule has 6 nitrogen and oxygen atoms in total. The molecule has 0 amide bonds. The van der Waals surface area contributed by atoms with Gasteiger partial charge in [0.1, 0.15) is 0 Å². The summed E-state index contributed by atoms with van der Waals surface area (Å²) >= 11 is 0. The highest BCUT2D eigenvalue weighted by atomic mass is 16.5. The molecule has 0 aliphatic rings. The van der Waals surface area contributed by atoms with E-state index in [4.69, 9.17) is 4.74 Å². The Morgan fingerprint density at radius 1 is 1.20 bits per heavy atom. The standard InChI is InChI=1S/C9H9N5O/c1-15-8-3-2-7(6-11-8)13-9-10-4-5-12-14-9/h2-6H,1H3,(H,10,13,14). The van der Waals surface area contributed by atoms with Gasteiger partial charge in [0.05, 0.1) is 31.4 Å². The van der Waals surface area contributed by atoms with Gasteiger partial charge in [-0.2, -0.15) is 5.10 Å². The Bertz CT molecular complexity index is 416. The number of aromatic nitrogens is 4. The lowest BCUT2D eigenvalue weighted by molar-refractivity contribution is 0.398. The predicted octanol–water partition coefficient (Wildman–Crippen LogP) is 1.02. The zero-order chi connectivity index (χ0) is 10.5. The molecule has 0 unspecified atom stereocenters. The molecule has 76 valence electrons. The molecule has 0 saturated carbocycles. The second kappa shape index (κ2) is 4.32. The topological polar surface area (TPSA) is 72.8 Å². The maximum Gasteiger partial charge on any atom is 0.247 e. The van der Waals surface area contributed by atoms with Gasteiger partial charge in [-0.1, -0.05) is 0 Å². The summed E-state index contributed by atoms with van der Waals surface area (Å²) in [4.78, 5) is 8.01. The third-order valence-electron chi connectivity index (χ3n) is 1.68. The third kappa shape index (κ3) is 2.37. The number of hydrogen-bond acceptors (Lipinski definition) is 6. The first-order valence-corrected chi connectivity index (χ1v) is 4.29. The number of hydrogen-bond donors (Lipinski definition) is 1. The minimum absolute atomic E-state index is 0.435. The van der Waals surface area contributed by atoms with Crippen LogP contribution in [0.4, 0.5) is 11.6 Å². The number of methoxy groups -OCH3 is 1. The van der Waals surface area contributed by atoms with Crippen LogP contribution >= 0.6 is 0 Å². The van der Waals surface area contributed by atoms with E-state index in [1.54, 1.807) is 25.6 Å². The van der Waals surface area contributed by atoms with E-state index in [1.807, 2.05) is 6.07 Å². The first-order chi connectivity index (χ1) is 7.38. The highest BCUT2D eigenvalue weighted by Crippen LogP contribution is 2.13. The number of rotatable bonds is 3. The average molecular weight is 203 g/mol. The summed E-state index contributed by atoms with van der Waals surface area (Å²) in [5.74, 6) is 0.997. The van der Waals surface area contributed by atoms with Gasteiger partial charge in [-0.05, 0) is 6.07 Å². The molecule has 0 bridgehead atoms. The second-order valence-electron chi connectivity index (χ2n) is 2.68. The first kappa shape index (κ1) is 9.32. The molecule has 0 saturated heterocycles. The highest BCUT2D eigenvalue weighted by molar-refractivity contribution is 5.51. The Labute approximate surface area is 86.4 Å². The van der Waals surface area contributed by atoms with Crippen molar-refractivity contribution in [3.8, 4) is 5.88 Å². The van der Waals surface area contributed by atoms with Crippen molar-refractivity contribution in [3.05, 3.63) is 30.7 Å². The second-order valence-corrected chi connectivity index (χ2v) is 2.68. The monoisotopic (exact) mass is 203 g/mol. The molecule has 2 heterocycles. The van der Waals surface area contributed by atoms with Gasteiger partial charge in [-0.25, -0.2) is 9.97 Å². The van der Waals surface area contributed by atoms with Crippen LogP contribution in [0.25, 0.3) is 0 Å². The van der Waals surface area contributed by atoms with Gasteiger partial charge in [0.2, 0.25) is 11.8 Å². The summed E-state index contributed by atoms with van der Waals surface area (Å²) in [5.41, 5.74) is 0.781. The smallest absolute Gasteiger partial charge is 0.247 e. The molecule has 2 aromatic heterocycles. The van der Waals surface area contributed by atoms with E-state index in [1.165, 1.54) is 6.20 Å². The van der Waals surface area contributed by atoms with Crippen molar-refractivity contribution in [1.29, 1.82) is 0 Å². The molecule has 2 rings (SSSR count). The van der Waals surface area contributed by atoms with E-state index < -0.39 is 0 Å². The molecule has 0 radical (unpaired) electrons. The van der Waals surface area contributed by atoms with E-state index >= 15 is 0 Å². The fraction of sp³-hybridized carbons (Fsp3) is 0.111. The van der Waals surface area contributed by atoms with E-state index in [9.17, 15) is 0 Å². The normalized spacial score (nSPS) is 9.67. The molecule has 0 aliphatic carbocycles. The van der Waals surface area contributed by atoms with Crippen molar-refractivity contribution in [2.75, 3.05) is 12.4 Å². The minimum Gasteiger partial charge on any atom is -0.481 e. The summed E-state index contributed by atoms with van der Waals surface area (Å²) in [6, 6.07) is 3.57. The maximum absolute atomic E-state index is 4.94. The minimum atomic E-state index is 0.435. The van der Waals surface area contributed by atoms with E-state index in [2.05, 4.69) is 25.5 Å². The third-order valence-corrected chi connectivity index (χ3v) is 1.68. The van der Waals surface area contributed by atoms with Crippen molar-refractivity contribution >= 4 is 11.6 Å². The van der Waals surface area contributed by atoms with E-state index in [-0.39, 0.29) is 0 Å². The van der Waals surface area contributed by atoms with Crippen molar-refractivity contribution in [2.24, 2.45) is 0 Å². The lowest BCUT2D eigenvalue weighted by Crippen LogP contribution is -1.98. The summed E-state index contributed by atoms with van der Waals surface area (Å²) in [5, 5.41) is 10.4. The molecule has 0 spiro atoms. The van der Waals surface area contributed by atoms with Crippen LogP contribution < -0.4 is 10.1 Å². The summed E-state index contributed by atoms with van der Waals surface area (Å²) in [6.07, 6.45) is 4.71. The molecular weight excluding hydrogens is 194 g/mol. The summed E-state index contributed by atoms with van der Waals surface area (Å²) in [7, 11) is 1.57. The van der Waals surface area contributed by atoms with E-state index in [0.29, 0.717) is 11.8 Å². The van der Waals surface area contributed by atoms with Crippen LogP contribution in [0.1, 0.15) is 0 Å². The van der Waals surface area contributed by atoms with Crippen LogP contribution in [0.15, 0.2) is 30.7 Å². The highest BCUT2D eigenvalue weighted by Gasteiger charge is 1.97. The maximum atomic E-state index is 4.94. The van der Waals surface area contributed by atoms with Crippen molar-refractivity contribution in [1.82, 2.24) is 20.2 Å². The Morgan fingerprint density at radius 2 is 2.13 bits per heavy atom. The molecule has 6 heteroatoms. The Balaban J connectivity index is 2.11. The zero-order valence-electron chi connectivity index (χ0n) is 8.08. The van der Waals surface area contributed by atoms with Gasteiger partial charge in [0.15, 0.2) is 0 Å². The molecule has 0 aliphatic heterocycles. The Kier molecular flexibility index (Phi) is 2.68. The fourth-order valence-electron chi connectivity index (χ4n) is 1.01. The number of pyridine rings is 1. The van der Waals surface area contributed by atoms with Crippen LogP contribution in [0, 0.1) is 0 Å². The predicted molar refractivity (Wildman–Crippen MR) is 53.9 cm³/mol. The van der Waals surface area contributed by atoms with Gasteiger partial charge >= 0.3 is 0 Å². The number of nitrogens with zero attached hydrogens (tertiary/aromatic N) is 4. The Hall–Kier alpha value is -2.24. The van der Waals surface area contributed by atoms with Crippen molar-refractivity contribution < 1.29 is 4.74 Å².